The molecule has 0 saturated heterocycles. The Kier molecular flexibility index (Phi) is 3.16. The van der Waals surface area contributed by atoms with Crippen molar-refractivity contribution >= 4 is 0 Å². The minimum atomic E-state index is 0.0529. The maximum absolute atomic E-state index is 5.73. The van der Waals surface area contributed by atoms with Crippen molar-refractivity contribution < 1.29 is 4.74 Å². The van der Waals surface area contributed by atoms with E-state index >= 15 is 0 Å². The monoisotopic (exact) mass is 170 g/mol. The van der Waals surface area contributed by atoms with E-state index < -0.39 is 0 Å². The Hall–Kier alpha value is -0.0400. The van der Waals surface area contributed by atoms with Crippen molar-refractivity contribution in [3.63, 3.8) is 0 Å². The van der Waals surface area contributed by atoms with Crippen molar-refractivity contribution in [1.82, 2.24) is 0 Å². The molecule has 1 fully saturated rings. The van der Waals surface area contributed by atoms with E-state index in [0.29, 0.717) is 0 Å². The Morgan fingerprint density at radius 2 is 1.75 bits per heavy atom. The third-order valence-electron chi connectivity index (χ3n) is 2.66. The summed E-state index contributed by atoms with van der Waals surface area (Å²) in [7, 11) is 0. The van der Waals surface area contributed by atoms with E-state index in [1.807, 2.05) is 0 Å². The highest BCUT2D eigenvalue weighted by atomic mass is 16.5. The van der Waals surface area contributed by atoms with Crippen LogP contribution in [0.3, 0.4) is 0 Å². The minimum absolute atomic E-state index is 0.0529. The fourth-order valence-corrected chi connectivity index (χ4v) is 1.71. The van der Waals surface area contributed by atoms with Crippen LogP contribution in [0.1, 0.15) is 47.0 Å². The van der Waals surface area contributed by atoms with Gasteiger partial charge in [-0.1, -0.05) is 13.3 Å². The molecular weight excluding hydrogens is 148 g/mol. The Morgan fingerprint density at radius 1 is 1.17 bits per heavy atom. The molecule has 1 aliphatic rings. The van der Waals surface area contributed by atoms with E-state index in [-0.39, 0.29) is 5.60 Å². The molecule has 0 aromatic rings. The summed E-state index contributed by atoms with van der Waals surface area (Å²) in [6.07, 6.45) is 4.14. The van der Waals surface area contributed by atoms with Crippen LogP contribution in [0.2, 0.25) is 0 Å². The van der Waals surface area contributed by atoms with E-state index in [1.165, 1.54) is 19.3 Å². The van der Waals surface area contributed by atoms with Crippen LogP contribution >= 0.6 is 0 Å². The van der Waals surface area contributed by atoms with Gasteiger partial charge in [-0.05, 0) is 45.4 Å². The highest BCUT2D eigenvalue weighted by molar-refractivity contribution is 4.78. The molecule has 1 saturated carbocycles. The molecule has 0 atom stereocenters. The van der Waals surface area contributed by atoms with Gasteiger partial charge in [0.2, 0.25) is 0 Å². The molecule has 12 heavy (non-hydrogen) atoms. The summed E-state index contributed by atoms with van der Waals surface area (Å²) in [6, 6.07) is 0. The second-order valence-corrected chi connectivity index (χ2v) is 5.04. The van der Waals surface area contributed by atoms with Gasteiger partial charge in [-0.25, -0.2) is 0 Å². The fourth-order valence-electron chi connectivity index (χ4n) is 1.71. The Morgan fingerprint density at radius 3 is 2.17 bits per heavy atom. The van der Waals surface area contributed by atoms with Gasteiger partial charge in [0, 0.05) is 0 Å². The zero-order valence-electron chi connectivity index (χ0n) is 8.89. The van der Waals surface area contributed by atoms with Crippen molar-refractivity contribution in [1.29, 1.82) is 0 Å². The van der Waals surface area contributed by atoms with Crippen LogP contribution in [-0.4, -0.2) is 12.2 Å². The summed E-state index contributed by atoms with van der Waals surface area (Å²) < 4.78 is 5.73. The van der Waals surface area contributed by atoms with Crippen molar-refractivity contribution in [2.75, 3.05) is 6.61 Å². The second-order valence-electron chi connectivity index (χ2n) is 5.04. The lowest BCUT2D eigenvalue weighted by Crippen LogP contribution is -2.31. The summed E-state index contributed by atoms with van der Waals surface area (Å²) in [5, 5.41) is 0. The molecular formula is C11H22O. The lowest BCUT2D eigenvalue weighted by atomic mass is 9.74. The van der Waals surface area contributed by atoms with Crippen LogP contribution in [0.25, 0.3) is 0 Å². The van der Waals surface area contributed by atoms with E-state index in [0.717, 1.165) is 18.4 Å². The first-order valence-electron chi connectivity index (χ1n) is 5.15. The van der Waals surface area contributed by atoms with Gasteiger partial charge in [-0.15, -0.1) is 0 Å². The molecule has 1 aliphatic carbocycles. The Labute approximate surface area is 76.5 Å². The third kappa shape index (κ3) is 3.14. The van der Waals surface area contributed by atoms with Crippen LogP contribution in [0.15, 0.2) is 0 Å². The van der Waals surface area contributed by atoms with E-state index in [9.17, 15) is 0 Å². The summed E-state index contributed by atoms with van der Waals surface area (Å²) in [4.78, 5) is 0. The smallest absolute Gasteiger partial charge is 0.0598 e. The first kappa shape index (κ1) is 10.0. The van der Waals surface area contributed by atoms with Crippen molar-refractivity contribution in [2.24, 2.45) is 11.8 Å². The Bertz CT molecular complexity index is 128. The summed E-state index contributed by atoms with van der Waals surface area (Å²) in [5.74, 6) is 1.85. The maximum Gasteiger partial charge on any atom is 0.0598 e. The molecule has 0 aliphatic heterocycles. The van der Waals surface area contributed by atoms with Gasteiger partial charge >= 0.3 is 0 Å². The molecule has 0 radical (unpaired) electrons. The zero-order chi connectivity index (χ0) is 9.19. The normalized spacial score (nSPS) is 30.0. The largest absolute Gasteiger partial charge is 0.376 e. The molecule has 1 rings (SSSR count). The molecule has 0 aromatic heterocycles. The molecule has 0 bridgehead atoms. The maximum atomic E-state index is 5.73. The predicted molar refractivity (Wildman–Crippen MR) is 52.2 cm³/mol. The molecule has 72 valence electrons. The Balaban J connectivity index is 2.04. The second kappa shape index (κ2) is 3.78. The molecule has 0 N–H and O–H groups in total. The van der Waals surface area contributed by atoms with Crippen LogP contribution in [0.5, 0.6) is 0 Å². The van der Waals surface area contributed by atoms with Gasteiger partial charge in [-0.3, -0.25) is 0 Å². The molecule has 0 aromatic carbocycles. The molecule has 0 spiro atoms. The van der Waals surface area contributed by atoms with Gasteiger partial charge in [0.25, 0.3) is 0 Å². The third-order valence-corrected chi connectivity index (χ3v) is 2.66. The van der Waals surface area contributed by atoms with Gasteiger partial charge in [0.15, 0.2) is 0 Å². The van der Waals surface area contributed by atoms with Gasteiger partial charge in [-0.2, -0.15) is 0 Å². The molecule has 0 heterocycles. The van der Waals surface area contributed by atoms with Crippen LogP contribution in [0.4, 0.5) is 0 Å². The molecule has 0 amide bonds. The van der Waals surface area contributed by atoms with Crippen LogP contribution in [-0.2, 0) is 4.74 Å². The number of ether oxygens (including phenoxy) is 1. The fraction of sp³-hybridized carbons (Fsp3) is 1.00. The minimum Gasteiger partial charge on any atom is -0.376 e. The number of hydrogen-bond donors (Lipinski definition) is 0. The van der Waals surface area contributed by atoms with Crippen LogP contribution < -0.4 is 0 Å². The van der Waals surface area contributed by atoms with Gasteiger partial charge < -0.3 is 4.74 Å². The quantitative estimate of drug-likeness (QED) is 0.632. The zero-order valence-corrected chi connectivity index (χ0v) is 8.89. The molecule has 1 nitrogen and oxygen atoms in total. The van der Waals surface area contributed by atoms with Gasteiger partial charge in [0.1, 0.15) is 0 Å². The van der Waals surface area contributed by atoms with Gasteiger partial charge in [0.05, 0.1) is 12.2 Å². The van der Waals surface area contributed by atoms with Crippen molar-refractivity contribution in [3.05, 3.63) is 0 Å². The lowest BCUT2D eigenvalue weighted by molar-refractivity contribution is -0.0465. The average molecular weight is 170 g/mol. The highest BCUT2D eigenvalue weighted by Gasteiger charge is 2.28. The molecule has 0 unspecified atom stereocenters. The molecule has 1 heteroatoms. The summed E-state index contributed by atoms with van der Waals surface area (Å²) >= 11 is 0. The van der Waals surface area contributed by atoms with Crippen LogP contribution in [0, 0.1) is 11.8 Å². The average Bonchev–Trinajstić information content (AvgIpc) is 1.82. The standard InChI is InChI=1S/C11H22O/c1-5-9-6-10(7-9)8-12-11(2,3)4/h9-10H,5-8H2,1-4H3. The topological polar surface area (TPSA) is 9.23 Å². The predicted octanol–water partition coefficient (Wildman–Crippen LogP) is 3.24. The SMILES string of the molecule is CCC1CC(COC(C)(C)C)C1. The van der Waals surface area contributed by atoms with Crippen molar-refractivity contribution in [2.45, 2.75) is 52.6 Å². The summed E-state index contributed by atoms with van der Waals surface area (Å²) in [6.45, 7) is 9.64. The van der Waals surface area contributed by atoms with Crippen molar-refractivity contribution in [3.8, 4) is 0 Å². The number of hydrogen-bond acceptors (Lipinski definition) is 1. The summed E-state index contributed by atoms with van der Waals surface area (Å²) in [5.41, 5.74) is 0.0529. The first-order valence-corrected chi connectivity index (χ1v) is 5.15. The van der Waals surface area contributed by atoms with E-state index in [1.54, 1.807) is 0 Å². The van der Waals surface area contributed by atoms with E-state index in [2.05, 4.69) is 27.7 Å². The first-order chi connectivity index (χ1) is 5.51. The lowest BCUT2D eigenvalue weighted by Gasteiger charge is -2.36. The van der Waals surface area contributed by atoms with E-state index in [4.69, 9.17) is 4.74 Å². The number of rotatable bonds is 3. The highest BCUT2D eigenvalue weighted by Crippen LogP contribution is 2.36.